The fourth-order valence-electron chi connectivity index (χ4n) is 3.39. The number of carbonyl (C=O) groups is 2. The lowest BCUT2D eigenvalue weighted by molar-refractivity contribution is -0.116. The van der Waals surface area contributed by atoms with Crippen LogP contribution in [0.25, 0.3) is 0 Å². The second-order valence-corrected chi connectivity index (χ2v) is 10.0. The zero-order valence-corrected chi connectivity index (χ0v) is 19.2. The van der Waals surface area contributed by atoms with Gasteiger partial charge >= 0.3 is 0 Å². The van der Waals surface area contributed by atoms with E-state index in [1.54, 1.807) is 56.6 Å². The lowest BCUT2D eigenvalue weighted by atomic mass is 10.1. The van der Waals surface area contributed by atoms with E-state index in [0.29, 0.717) is 35.8 Å². The Labute approximate surface area is 188 Å². The third-order valence-electron chi connectivity index (χ3n) is 5.16. The van der Waals surface area contributed by atoms with Gasteiger partial charge in [-0.1, -0.05) is 23.7 Å². The molecule has 0 spiro atoms. The molecule has 0 saturated carbocycles. The Balaban J connectivity index is 1.60. The summed E-state index contributed by atoms with van der Waals surface area (Å²) in [4.78, 5) is 26.2. The highest BCUT2D eigenvalue weighted by atomic mass is 35.5. The topological polar surface area (TPSA) is 86.8 Å². The number of nitrogens with one attached hydrogen (secondary N) is 1. The molecule has 1 aliphatic heterocycles. The van der Waals surface area contributed by atoms with Crippen LogP contribution in [0.1, 0.15) is 35.2 Å². The molecule has 0 atom stereocenters. The highest BCUT2D eigenvalue weighted by molar-refractivity contribution is 7.89. The van der Waals surface area contributed by atoms with Gasteiger partial charge in [0, 0.05) is 39.2 Å². The Morgan fingerprint density at radius 3 is 2.32 bits per heavy atom. The molecule has 0 unspecified atom stereocenters. The van der Waals surface area contributed by atoms with E-state index < -0.39 is 10.0 Å². The second kappa shape index (κ2) is 9.80. The standard InChI is InChI=1S/C22H26ClN3O4S/c1-25(2)22(28)17-8-11-19(23)20(15-17)24-21(27)12-7-16-5-9-18(10-6-16)31(29,30)26-13-3-4-14-26/h5-6,8-11,15H,3-4,7,12-14H2,1-2H3,(H,24,27). The van der Waals surface area contributed by atoms with Gasteiger partial charge in [0.25, 0.3) is 5.91 Å². The van der Waals surface area contributed by atoms with E-state index >= 15 is 0 Å². The van der Waals surface area contributed by atoms with E-state index in [1.165, 1.54) is 9.21 Å². The SMILES string of the molecule is CN(C)C(=O)c1ccc(Cl)c(NC(=O)CCc2ccc(S(=O)(=O)N3CCCC3)cc2)c1. The van der Waals surface area contributed by atoms with Gasteiger partial charge in [-0.3, -0.25) is 9.59 Å². The molecule has 2 amide bonds. The molecule has 166 valence electrons. The average molecular weight is 464 g/mol. The molecule has 1 fully saturated rings. The Bertz CT molecular complexity index is 1060. The van der Waals surface area contributed by atoms with Crippen molar-refractivity contribution in [2.24, 2.45) is 0 Å². The predicted molar refractivity (Wildman–Crippen MR) is 121 cm³/mol. The summed E-state index contributed by atoms with van der Waals surface area (Å²) in [6, 6.07) is 11.4. The molecule has 1 N–H and O–H groups in total. The van der Waals surface area contributed by atoms with Gasteiger partial charge in [0.15, 0.2) is 0 Å². The van der Waals surface area contributed by atoms with Crippen molar-refractivity contribution in [2.75, 3.05) is 32.5 Å². The summed E-state index contributed by atoms with van der Waals surface area (Å²) in [5, 5.41) is 3.09. The number of sulfonamides is 1. The molecule has 0 aromatic heterocycles. The minimum atomic E-state index is -3.44. The minimum absolute atomic E-state index is 0.184. The fourth-order valence-corrected chi connectivity index (χ4v) is 5.07. The second-order valence-electron chi connectivity index (χ2n) is 7.70. The molecule has 1 aliphatic rings. The number of halogens is 1. The van der Waals surface area contributed by atoms with Crippen molar-refractivity contribution >= 4 is 39.1 Å². The van der Waals surface area contributed by atoms with Gasteiger partial charge in [-0.25, -0.2) is 8.42 Å². The van der Waals surface area contributed by atoms with Crippen molar-refractivity contribution < 1.29 is 18.0 Å². The maximum absolute atomic E-state index is 12.6. The van der Waals surface area contributed by atoms with E-state index in [4.69, 9.17) is 11.6 Å². The first-order valence-corrected chi connectivity index (χ1v) is 11.9. The first kappa shape index (κ1) is 23.2. The number of hydrogen-bond donors (Lipinski definition) is 1. The van der Waals surface area contributed by atoms with Crippen LogP contribution in [0, 0.1) is 0 Å². The maximum Gasteiger partial charge on any atom is 0.253 e. The van der Waals surface area contributed by atoms with E-state index in [-0.39, 0.29) is 23.1 Å². The molecule has 1 heterocycles. The van der Waals surface area contributed by atoms with Crippen LogP contribution in [0.4, 0.5) is 5.69 Å². The molecule has 7 nitrogen and oxygen atoms in total. The van der Waals surface area contributed by atoms with E-state index in [9.17, 15) is 18.0 Å². The smallest absolute Gasteiger partial charge is 0.253 e. The normalized spacial score (nSPS) is 14.4. The van der Waals surface area contributed by atoms with Crippen molar-refractivity contribution in [3.05, 3.63) is 58.6 Å². The zero-order chi connectivity index (χ0) is 22.6. The summed E-state index contributed by atoms with van der Waals surface area (Å²) in [6.45, 7) is 1.13. The van der Waals surface area contributed by atoms with Gasteiger partial charge in [0.2, 0.25) is 15.9 Å². The van der Waals surface area contributed by atoms with Crippen molar-refractivity contribution in [1.29, 1.82) is 0 Å². The quantitative estimate of drug-likeness (QED) is 0.681. The number of hydrogen-bond acceptors (Lipinski definition) is 4. The Morgan fingerprint density at radius 2 is 1.71 bits per heavy atom. The van der Waals surface area contributed by atoms with Crippen LogP contribution >= 0.6 is 11.6 Å². The van der Waals surface area contributed by atoms with E-state index in [2.05, 4.69) is 5.32 Å². The van der Waals surface area contributed by atoms with E-state index in [0.717, 1.165) is 18.4 Å². The number of benzene rings is 2. The predicted octanol–water partition coefficient (Wildman–Crippen LogP) is 3.40. The summed E-state index contributed by atoms with van der Waals surface area (Å²) >= 11 is 6.16. The molecular formula is C22H26ClN3O4S. The third kappa shape index (κ3) is 5.64. The Kier molecular flexibility index (Phi) is 7.35. The van der Waals surface area contributed by atoms with Crippen LogP contribution in [-0.4, -0.2) is 56.6 Å². The highest BCUT2D eigenvalue weighted by Gasteiger charge is 2.26. The van der Waals surface area contributed by atoms with Crippen molar-refractivity contribution in [1.82, 2.24) is 9.21 Å². The summed E-state index contributed by atoms with van der Waals surface area (Å²) in [5.41, 5.74) is 1.67. The number of rotatable bonds is 7. The highest BCUT2D eigenvalue weighted by Crippen LogP contribution is 2.24. The molecule has 0 radical (unpaired) electrons. The largest absolute Gasteiger partial charge is 0.345 e. The zero-order valence-electron chi connectivity index (χ0n) is 17.6. The van der Waals surface area contributed by atoms with Crippen LogP contribution in [0.3, 0.4) is 0 Å². The van der Waals surface area contributed by atoms with Crippen LogP contribution in [0.5, 0.6) is 0 Å². The van der Waals surface area contributed by atoms with Crippen molar-refractivity contribution in [2.45, 2.75) is 30.6 Å². The molecule has 3 rings (SSSR count). The van der Waals surface area contributed by atoms with Crippen molar-refractivity contribution in [3.63, 3.8) is 0 Å². The molecule has 0 aliphatic carbocycles. The number of aryl methyl sites for hydroxylation is 1. The summed E-state index contributed by atoms with van der Waals surface area (Å²) in [6.07, 6.45) is 2.43. The summed E-state index contributed by atoms with van der Waals surface area (Å²) in [5.74, 6) is -0.429. The number of carbonyl (C=O) groups excluding carboxylic acids is 2. The van der Waals surface area contributed by atoms with Gasteiger partial charge < -0.3 is 10.2 Å². The number of nitrogens with zero attached hydrogens (tertiary/aromatic N) is 2. The fraction of sp³-hybridized carbons (Fsp3) is 0.364. The molecule has 1 saturated heterocycles. The lowest BCUT2D eigenvalue weighted by Gasteiger charge is -2.15. The number of amides is 2. The summed E-state index contributed by atoms with van der Waals surface area (Å²) < 4.78 is 26.7. The molecular weight excluding hydrogens is 438 g/mol. The van der Waals surface area contributed by atoms with Crippen LogP contribution in [0.15, 0.2) is 47.4 Å². The average Bonchev–Trinajstić information content (AvgIpc) is 3.29. The molecule has 2 aromatic carbocycles. The number of anilines is 1. The van der Waals surface area contributed by atoms with Gasteiger partial charge in [-0.15, -0.1) is 0 Å². The first-order chi connectivity index (χ1) is 14.7. The van der Waals surface area contributed by atoms with Gasteiger partial charge in [0.1, 0.15) is 0 Å². The maximum atomic E-state index is 12.6. The summed E-state index contributed by atoms with van der Waals surface area (Å²) in [7, 11) is -0.142. The van der Waals surface area contributed by atoms with Crippen LogP contribution < -0.4 is 5.32 Å². The van der Waals surface area contributed by atoms with Gasteiger partial charge in [-0.2, -0.15) is 4.31 Å². The molecule has 2 aromatic rings. The molecule has 0 bridgehead atoms. The Hall–Kier alpha value is -2.42. The first-order valence-electron chi connectivity index (χ1n) is 10.1. The lowest BCUT2D eigenvalue weighted by Crippen LogP contribution is -2.27. The monoisotopic (exact) mass is 463 g/mol. The van der Waals surface area contributed by atoms with E-state index in [1.807, 2.05) is 0 Å². The van der Waals surface area contributed by atoms with Crippen LogP contribution in [0.2, 0.25) is 5.02 Å². The van der Waals surface area contributed by atoms with Crippen LogP contribution in [-0.2, 0) is 21.2 Å². The minimum Gasteiger partial charge on any atom is -0.345 e. The van der Waals surface area contributed by atoms with Gasteiger partial charge in [-0.05, 0) is 55.2 Å². The molecule has 31 heavy (non-hydrogen) atoms. The van der Waals surface area contributed by atoms with Crippen molar-refractivity contribution in [3.8, 4) is 0 Å². The third-order valence-corrected chi connectivity index (χ3v) is 7.40. The molecule has 9 heteroatoms. The Morgan fingerprint density at radius 1 is 1.06 bits per heavy atom. The van der Waals surface area contributed by atoms with Gasteiger partial charge in [0.05, 0.1) is 15.6 Å².